The van der Waals surface area contributed by atoms with Crippen LogP contribution in [0.2, 0.25) is 0 Å². The summed E-state index contributed by atoms with van der Waals surface area (Å²) in [7, 11) is 0. The van der Waals surface area contributed by atoms with Crippen LogP contribution in [0.4, 0.5) is 0 Å². The zero-order valence-corrected chi connectivity index (χ0v) is 7.29. The second kappa shape index (κ2) is 3.06. The molecule has 0 unspecified atom stereocenters. The number of nitrogens with zero attached hydrogens (tertiary/aromatic N) is 1. The Kier molecular flexibility index (Phi) is 2.28. The van der Waals surface area contributed by atoms with Gasteiger partial charge in [-0.2, -0.15) is 0 Å². The van der Waals surface area contributed by atoms with E-state index in [1.165, 1.54) is 12.4 Å². The van der Waals surface area contributed by atoms with E-state index in [0.29, 0.717) is 6.42 Å². The number of H-pyrrole nitrogens is 1. The lowest BCUT2D eigenvalue weighted by Gasteiger charge is -2.16. The van der Waals surface area contributed by atoms with Crippen molar-refractivity contribution in [1.82, 2.24) is 9.97 Å². The minimum absolute atomic E-state index is 0.135. The Bertz CT molecular complexity index is 311. The highest BCUT2D eigenvalue weighted by molar-refractivity contribution is 5.02. The first-order valence-electron chi connectivity index (χ1n) is 3.80. The second-order valence-corrected chi connectivity index (χ2v) is 3.57. The molecule has 0 aliphatic carbocycles. The predicted molar refractivity (Wildman–Crippen MR) is 46.8 cm³/mol. The monoisotopic (exact) mass is 167 g/mol. The summed E-state index contributed by atoms with van der Waals surface area (Å²) in [6, 6.07) is 1.47. The van der Waals surface area contributed by atoms with Crippen LogP contribution < -0.4 is 11.3 Å². The maximum atomic E-state index is 10.8. The van der Waals surface area contributed by atoms with Gasteiger partial charge in [0.05, 0.1) is 6.33 Å². The summed E-state index contributed by atoms with van der Waals surface area (Å²) in [6.45, 7) is 3.80. The van der Waals surface area contributed by atoms with Crippen LogP contribution in [0.5, 0.6) is 0 Å². The molecule has 0 saturated carbocycles. The summed E-state index contributed by atoms with van der Waals surface area (Å²) < 4.78 is 0. The van der Waals surface area contributed by atoms with Crippen molar-refractivity contribution in [3.05, 3.63) is 28.4 Å². The van der Waals surface area contributed by atoms with Gasteiger partial charge in [-0.1, -0.05) is 0 Å². The molecule has 0 aliphatic heterocycles. The highest BCUT2D eigenvalue weighted by atomic mass is 16.1. The fourth-order valence-corrected chi connectivity index (χ4v) is 0.973. The Morgan fingerprint density at radius 3 is 2.83 bits per heavy atom. The first-order valence-corrected chi connectivity index (χ1v) is 3.80. The average molecular weight is 167 g/mol. The number of nitrogens with one attached hydrogen (secondary N) is 1. The van der Waals surface area contributed by atoms with Crippen molar-refractivity contribution in [3.63, 3.8) is 0 Å². The maximum absolute atomic E-state index is 10.8. The summed E-state index contributed by atoms with van der Waals surface area (Å²) in [5.74, 6) is 0. The fraction of sp³-hybridized carbons (Fsp3) is 0.500. The van der Waals surface area contributed by atoms with E-state index in [1.807, 2.05) is 13.8 Å². The van der Waals surface area contributed by atoms with Gasteiger partial charge in [0.2, 0.25) is 0 Å². The van der Waals surface area contributed by atoms with Crippen LogP contribution in [0.15, 0.2) is 17.2 Å². The third-order valence-corrected chi connectivity index (χ3v) is 1.37. The fourth-order valence-electron chi connectivity index (χ4n) is 0.973. The van der Waals surface area contributed by atoms with Gasteiger partial charge in [-0.05, 0) is 13.8 Å². The Morgan fingerprint density at radius 2 is 2.33 bits per heavy atom. The molecular weight excluding hydrogens is 154 g/mol. The smallest absolute Gasteiger partial charge is 0.250 e. The lowest BCUT2D eigenvalue weighted by atomic mass is 10.0. The molecule has 0 spiro atoms. The van der Waals surface area contributed by atoms with E-state index in [0.717, 1.165) is 5.69 Å². The number of hydrogen-bond acceptors (Lipinski definition) is 3. The SMILES string of the molecule is CC(C)(N)Cc1cc(=O)[nH]cn1. The van der Waals surface area contributed by atoms with Crippen molar-refractivity contribution in [2.45, 2.75) is 25.8 Å². The van der Waals surface area contributed by atoms with Crippen LogP contribution in [-0.4, -0.2) is 15.5 Å². The van der Waals surface area contributed by atoms with Gasteiger partial charge in [0.1, 0.15) is 0 Å². The van der Waals surface area contributed by atoms with Crippen molar-refractivity contribution in [1.29, 1.82) is 0 Å². The Balaban J connectivity index is 2.84. The van der Waals surface area contributed by atoms with E-state index in [2.05, 4.69) is 9.97 Å². The molecule has 1 aromatic rings. The Morgan fingerprint density at radius 1 is 1.67 bits per heavy atom. The van der Waals surface area contributed by atoms with Gasteiger partial charge < -0.3 is 10.7 Å². The molecule has 0 aliphatic rings. The van der Waals surface area contributed by atoms with Crippen molar-refractivity contribution in [3.8, 4) is 0 Å². The van der Waals surface area contributed by atoms with Crippen LogP contribution >= 0.6 is 0 Å². The first kappa shape index (κ1) is 8.93. The van der Waals surface area contributed by atoms with E-state index in [4.69, 9.17) is 5.73 Å². The molecule has 0 radical (unpaired) electrons. The van der Waals surface area contributed by atoms with Crippen molar-refractivity contribution >= 4 is 0 Å². The molecule has 66 valence electrons. The zero-order chi connectivity index (χ0) is 9.19. The first-order chi connectivity index (χ1) is 5.47. The molecule has 0 aromatic carbocycles. The normalized spacial score (nSPS) is 11.6. The number of nitrogens with two attached hydrogens (primary N) is 1. The summed E-state index contributed by atoms with van der Waals surface area (Å²) >= 11 is 0. The molecule has 3 N–H and O–H groups in total. The van der Waals surface area contributed by atoms with Gasteiger partial charge in [0.25, 0.3) is 5.56 Å². The number of rotatable bonds is 2. The number of aromatic nitrogens is 2. The van der Waals surface area contributed by atoms with E-state index < -0.39 is 0 Å². The van der Waals surface area contributed by atoms with Gasteiger partial charge in [0.15, 0.2) is 0 Å². The molecule has 4 heteroatoms. The second-order valence-electron chi connectivity index (χ2n) is 3.57. The van der Waals surface area contributed by atoms with Crippen LogP contribution in [0.25, 0.3) is 0 Å². The van der Waals surface area contributed by atoms with Crippen LogP contribution in [0.1, 0.15) is 19.5 Å². The van der Waals surface area contributed by atoms with Gasteiger partial charge in [-0.25, -0.2) is 4.98 Å². The maximum Gasteiger partial charge on any atom is 0.250 e. The summed E-state index contributed by atoms with van der Waals surface area (Å²) in [6.07, 6.45) is 2.00. The van der Waals surface area contributed by atoms with Crippen LogP contribution in [-0.2, 0) is 6.42 Å². The summed E-state index contributed by atoms with van der Waals surface area (Å²) in [5.41, 5.74) is 6.04. The van der Waals surface area contributed by atoms with Crippen LogP contribution in [0, 0.1) is 0 Å². The van der Waals surface area contributed by atoms with Gasteiger partial charge in [0, 0.05) is 23.7 Å². The topological polar surface area (TPSA) is 71.8 Å². The van der Waals surface area contributed by atoms with Gasteiger partial charge in [-0.15, -0.1) is 0 Å². The molecule has 0 amide bonds. The van der Waals surface area contributed by atoms with Gasteiger partial charge in [-0.3, -0.25) is 4.79 Å². The van der Waals surface area contributed by atoms with Crippen molar-refractivity contribution < 1.29 is 0 Å². The van der Waals surface area contributed by atoms with E-state index in [1.54, 1.807) is 0 Å². The number of aromatic amines is 1. The highest BCUT2D eigenvalue weighted by Crippen LogP contribution is 2.04. The Hall–Kier alpha value is -1.16. The lowest BCUT2D eigenvalue weighted by molar-refractivity contribution is 0.509. The average Bonchev–Trinajstić information content (AvgIpc) is 1.82. The minimum atomic E-state index is -0.319. The van der Waals surface area contributed by atoms with Gasteiger partial charge >= 0.3 is 0 Å². The summed E-state index contributed by atoms with van der Waals surface area (Å²) in [5, 5.41) is 0. The predicted octanol–water partition coefficient (Wildman–Crippen LogP) is 0.0497. The molecule has 0 atom stereocenters. The molecule has 1 heterocycles. The summed E-state index contributed by atoms with van der Waals surface area (Å²) in [4.78, 5) is 17.3. The molecule has 1 aromatic heterocycles. The number of hydrogen-bond donors (Lipinski definition) is 2. The third-order valence-electron chi connectivity index (χ3n) is 1.37. The molecule has 0 fully saturated rings. The van der Waals surface area contributed by atoms with Crippen molar-refractivity contribution in [2.75, 3.05) is 0 Å². The molecule has 1 rings (SSSR count). The van der Waals surface area contributed by atoms with E-state index >= 15 is 0 Å². The Labute approximate surface area is 70.8 Å². The largest absolute Gasteiger partial charge is 0.325 e. The quantitative estimate of drug-likeness (QED) is 0.653. The minimum Gasteiger partial charge on any atom is -0.325 e. The zero-order valence-electron chi connectivity index (χ0n) is 7.29. The molecule has 0 saturated heterocycles. The van der Waals surface area contributed by atoms with E-state index in [-0.39, 0.29) is 11.1 Å². The van der Waals surface area contributed by atoms with Crippen LogP contribution in [0.3, 0.4) is 0 Å². The molecule has 4 nitrogen and oxygen atoms in total. The van der Waals surface area contributed by atoms with E-state index in [9.17, 15) is 4.79 Å². The molecular formula is C8H13N3O. The highest BCUT2D eigenvalue weighted by Gasteiger charge is 2.12. The standard InChI is InChI=1S/C8H13N3O/c1-8(2,9)4-6-3-7(12)11-5-10-6/h3,5H,4,9H2,1-2H3,(H,10,11,12). The molecule has 12 heavy (non-hydrogen) atoms. The van der Waals surface area contributed by atoms with Crippen molar-refractivity contribution in [2.24, 2.45) is 5.73 Å². The lowest BCUT2D eigenvalue weighted by Crippen LogP contribution is -2.35. The molecule has 0 bridgehead atoms. The third kappa shape index (κ3) is 2.84.